The van der Waals surface area contributed by atoms with Crippen molar-refractivity contribution in [2.45, 2.75) is 71.1 Å². The van der Waals surface area contributed by atoms with Gasteiger partial charge in [-0.2, -0.15) is 0 Å². The molecule has 0 aliphatic rings. The van der Waals surface area contributed by atoms with Gasteiger partial charge in [0.15, 0.2) is 0 Å². The molecule has 9 nitrogen and oxygen atoms in total. The van der Waals surface area contributed by atoms with Crippen molar-refractivity contribution in [1.82, 2.24) is 10.6 Å². The highest BCUT2D eigenvalue weighted by atomic mass is 31.1. The molecule has 3 aromatic rings. The number of esters is 1. The molecule has 0 saturated carbocycles. The average Bonchev–Trinajstić information content (AvgIpc) is 3.04. The zero-order valence-corrected chi connectivity index (χ0v) is 26.2. The molecule has 0 heterocycles. The number of hydrogen-bond donors (Lipinski definition) is 2. The molecule has 2 N–H and O–H groups in total. The number of benzene rings is 3. The van der Waals surface area contributed by atoms with Crippen molar-refractivity contribution >= 4 is 26.0 Å². The van der Waals surface area contributed by atoms with Crippen LogP contribution >= 0.6 is 8.03 Å². The predicted molar refractivity (Wildman–Crippen MR) is 169 cm³/mol. The zero-order chi connectivity index (χ0) is 31.6. The maximum Gasteiger partial charge on any atom is 0.534 e. The van der Waals surface area contributed by atoms with Crippen LogP contribution in [-0.2, 0) is 47.8 Å². The van der Waals surface area contributed by atoms with E-state index >= 15 is 0 Å². The van der Waals surface area contributed by atoms with Crippen molar-refractivity contribution in [3.63, 3.8) is 0 Å². The van der Waals surface area contributed by atoms with Crippen molar-refractivity contribution in [1.29, 1.82) is 0 Å². The second-order valence-corrected chi connectivity index (χ2v) is 12.0. The number of carbonyl (C=O) groups is 3. The molecule has 3 aromatic carbocycles. The number of aryl methyl sites for hydroxylation is 1. The number of nitrogens with one attached hydrogen (secondary N) is 2. The highest BCUT2D eigenvalue weighted by Gasteiger charge is 2.41. The molecule has 0 radical (unpaired) electrons. The van der Waals surface area contributed by atoms with Gasteiger partial charge in [0.05, 0.1) is 0 Å². The van der Waals surface area contributed by atoms with Gasteiger partial charge in [-0.05, 0) is 46.9 Å². The molecular formula is C34H42N2O7P+. The lowest BCUT2D eigenvalue weighted by Gasteiger charge is -2.16. The summed E-state index contributed by atoms with van der Waals surface area (Å²) >= 11 is 0. The van der Waals surface area contributed by atoms with E-state index < -0.39 is 32.0 Å². The van der Waals surface area contributed by atoms with Crippen LogP contribution in [0.15, 0.2) is 91.0 Å². The molecule has 234 valence electrons. The first-order valence-electron chi connectivity index (χ1n) is 14.9. The van der Waals surface area contributed by atoms with Crippen molar-refractivity contribution in [3.05, 3.63) is 108 Å². The van der Waals surface area contributed by atoms with E-state index in [0.717, 1.165) is 16.7 Å². The maximum atomic E-state index is 13.4. The summed E-state index contributed by atoms with van der Waals surface area (Å²) in [7, 11) is -2.45. The van der Waals surface area contributed by atoms with Crippen molar-refractivity contribution in [3.8, 4) is 0 Å². The molecule has 2 amide bonds. The van der Waals surface area contributed by atoms with E-state index in [2.05, 4.69) is 10.6 Å². The second-order valence-electron chi connectivity index (χ2n) is 10.7. The Kier molecular flexibility index (Phi) is 15.1. The highest BCUT2D eigenvalue weighted by Crippen LogP contribution is 2.35. The van der Waals surface area contributed by atoms with E-state index in [9.17, 15) is 18.9 Å². The molecule has 0 spiro atoms. The van der Waals surface area contributed by atoms with Gasteiger partial charge in [-0.3, -0.25) is 4.79 Å². The smallest absolute Gasteiger partial charge is 0.459 e. The fourth-order valence-corrected chi connectivity index (χ4v) is 5.56. The minimum absolute atomic E-state index is 0.0506. The monoisotopic (exact) mass is 621 g/mol. The average molecular weight is 622 g/mol. The van der Waals surface area contributed by atoms with Crippen LogP contribution in [0.1, 0.15) is 56.2 Å². The lowest BCUT2D eigenvalue weighted by molar-refractivity contribution is -0.153. The fourth-order valence-electron chi connectivity index (χ4n) is 4.25. The van der Waals surface area contributed by atoms with E-state index in [1.54, 1.807) is 0 Å². The highest BCUT2D eigenvalue weighted by molar-refractivity contribution is 7.40. The van der Waals surface area contributed by atoms with Crippen LogP contribution < -0.4 is 10.6 Å². The Morgan fingerprint density at radius 3 is 1.86 bits per heavy atom. The van der Waals surface area contributed by atoms with Gasteiger partial charge in [0.25, 0.3) is 5.78 Å². The third-order valence-electron chi connectivity index (χ3n) is 6.74. The normalized spacial score (nSPS) is 12.6. The lowest BCUT2D eigenvalue weighted by Crippen LogP contribution is -2.37. The van der Waals surface area contributed by atoms with Crippen LogP contribution in [0.3, 0.4) is 0 Å². The number of rotatable bonds is 18. The summed E-state index contributed by atoms with van der Waals surface area (Å²) in [6.07, 6.45) is 0.402. The molecule has 3 rings (SSSR count). The molecule has 0 saturated heterocycles. The predicted octanol–water partition coefficient (Wildman–Crippen LogP) is 6.69. The molecule has 0 aliphatic heterocycles. The molecule has 0 aliphatic carbocycles. The number of carbonyl (C=O) groups excluding carboxylic acids is 3. The summed E-state index contributed by atoms with van der Waals surface area (Å²) in [6, 6.07) is 28.3. The SMILES string of the molecule is CC(C)C(NC(=O)CCc1ccccc1)[P+](=O)O[C@@H](CCCCNC(=O)OCc1ccccc1)C(=O)OCc1ccccc1. The summed E-state index contributed by atoms with van der Waals surface area (Å²) in [5.41, 5.74) is 2.73. The third kappa shape index (κ3) is 13.1. The van der Waals surface area contributed by atoms with Gasteiger partial charge in [0.2, 0.25) is 12.0 Å². The Labute approximate surface area is 260 Å². The minimum Gasteiger partial charge on any atom is -0.459 e. The Hall–Kier alpha value is -4.07. The molecule has 3 atom stereocenters. The summed E-state index contributed by atoms with van der Waals surface area (Å²) in [5.74, 6) is -1.86. The van der Waals surface area contributed by atoms with Crippen LogP contribution in [0.2, 0.25) is 0 Å². The third-order valence-corrected chi connectivity index (χ3v) is 8.39. The number of ether oxygens (including phenoxy) is 2. The second kappa shape index (κ2) is 19.3. The molecule has 2 unspecified atom stereocenters. The lowest BCUT2D eigenvalue weighted by atomic mass is 10.1. The Balaban J connectivity index is 1.51. The maximum absolute atomic E-state index is 13.4. The standard InChI is InChI=1S/C34H41N2O7P/c1-26(2)32(36-31(37)22-21-27-14-6-3-7-15-27)44(40)43-30(33(38)41-24-28-16-8-4-9-17-28)20-12-13-23-35-34(39)42-25-29-18-10-5-11-19-29/h3-11,14-19,26,30,32H,12-13,20-25H2,1-2H3,(H-,35,36,37,39)/p+1/t30-,32?/m0/s1. The first-order valence-corrected chi connectivity index (χ1v) is 16.2. The van der Waals surface area contributed by atoms with E-state index in [4.69, 9.17) is 14.0 Å². The van der Waals surface area contributed by atoms with E-state index in [0.29, 0.717) is 25.8 Å². The molecular weight excluding hydrogens is 579 g/mol. The summed E-state index contributed by atoms with van der Waals surface area (Å²) in [5, 5.41) is 5.54. The Morgan fingerprint density at radius 1 is 0.750 bits per heavy atom. The van der Waals surface area contributed by atoms with Crippen LogP contribution in [-0.4, -0.2) is 36.4 Å². The molecule has 0 fully saturated rings. The quantitative estimate of drug-likeness (QED) is 0.0923. The number of amides is 2. The summed E-state index contributed by atoms with van der Waals surface area (Å²) < 4.78 is 29.9. The molecule has 0 bridgehead atoms. The van der Waals surface area contributed by atoms with Crippen molar-refractivity contribution < 1.29 is 32.9 Å². The topological polar surface area (TPSA) is 120 Å². The number of alkyl carbamates (subject to hydrolysis) is 1. The Morgan fingerprint density at radius 2 is 1.30 bits per heavy atom. The zero-order valence-electron chi connectivity index (χ0n) is 25.4. The van der Waals surface area contributed by atoms with Gasteiger partial charge in [0, 0.05) is 18.9 Å². The van der Waals surface area contributed by atoms with Gasteiger partial charge >= 0.3 is 20.1 Å². The van der Waals surface area contributed by atoms with Crippen molar-refractivity contribution in [2.75, 3.05) is 6.54 Å². The first kappa shape index (κ1) is 34.4. The molecule has 0 aromatic heterocycles. The van der Waals surface area contributed by atoms with E-state index in [1.165, 1.54) is 0 Å². The minimum atomic E-state index is -2.45. The van der Waals surface area contributed by atoms with Gasteiger partial charge in [-0.15, -0.1) is 4.52 Å². The van der Waals surface area contributed by atoms with Crippen molar-refractivity contribution in [2.24, 2.45) is 5.92 Å². The largest absolute Gasteiger partial charge is 0.534 e. The number of hydrogen-bond acceptors (Lipinski definition) is 7. The summed E-state index contributed by atoms with van der Waals surface area (Å²) in [4.78, 5) is 37.8. The van der Waals surface area contributed by atoms with Crippen LogP contribution in [0.4, 0.5) is 4.79 Å². The fraction of sp³-hybridized carbons (Fsp3) is 0.382. The van der Waals surface area contributed by atoms with Gasteiger partial charge in [0.1, 0.15) is 13.2 Å². The van der Waals surface area contributed by atoms with Crippen LogP contribution in [0, 0.1) is 5.92 Å². The van der Waals surface area contributed by atoms with Gasteiger partial charge in [-0.1, -0.05) is 105 Å². The van der Waals surface area contributed by atoms with Gasteiger partial charge < -0.3 is 20.1 Å². The summed E-state index contributed by atoms with van der Waals surface area (Å²) in [6.45, 7) is 4.23. The van der Waals surface area contributed by atoms with Crippen LogP contribution in [0.25, 0.3) is 0 Å². The van der Waals surface area contributed by atoms with Crippen LogP contribution in [0.5, 0.6) is 0 Å². The Bertz CT molecular complexity index is 1310. The van der Waals surface area contributed by atoms with Gasteiger partial charge in [-0.25, -0.2) is 9.59 Å². The first-order chi connectivity index (χ1) is 21.3. The van der Waals surface area contributed by atoms with E-state index in [-0.39, 0.29) is 37.9 Å². The molecule has 10 heteroatoms. The molecule has 44 heavy (non-hydrogen) atoms. The van der Waals surface area contributed by atoms with E-state index in [1.807, 2.05) is 105 Å². The number of unbranched alkanes of at least 4 members (excludes halogenated alkanes) is 1.